The molecule has 0 nitrogen and oxygen atoms in total. The van der Waals surface area contributed by atoms with Crippen LogP contribution >= 0.6 is 0 Å². The lowest BCUT2D eigenvalue weighted by atomic mass is 9.78. The van der Waals surface area contributed by atoms with Crippen LogP contribution in [0.15, 0.2) is 42.5 Å². The molecule has 1 saturated carbocycles. The van der Waals surface area contributed by atoms with Crippen LogP contribution in [0.25, 0.3) is 0 Å². The maximum absolute atomic E-state index is 14.7. The molecule has 0 saturated heterocycles. The molecule has 170 valence electrons. The van der Waals surface area contributed by atoms with Gasteiger partial charge in [0.05, 0.1) is 0 Å². The van der Waals surface area contributed by atoms with E-state index >= 15 is 0 Å². The van der Waals surface area contributed by atoms with E-state index in [9.17, 15) is 4.39 Å². The summed E-state index contributed by atoms with van der Waals surface area (Å²) in [7, 11) is 0. The largest absolute Gasteiger partial charge is 0.207 e. The summed E-state index contributed by atoms with van der Waals surface area (Å²) in [6, 6.07) is 14.9. The lowest BCUT2D eigenvalue weighted by Gasteiger charge is -2.28. The van der Waals surface area contributed by atoms with Crippen LogP contribution in [0.3, 0.4) is 0 Å². The van der Waals surface area contributed by atoms with Gasteiger partial charge in [-0.1, -0.05) is 102 Å². The van der Waals surface area contributed by atoms with Gasteiger partial charge in [-0.3, -0.25) is 0 Å². The highest BCUT2D eigenvalue weighted by atomic mass is 19.1. The monoisotopic (exact) mass is 422 g/mol. The number of unbranched alkanes of at least 4 members (excludes halogenated alkanes) is 2. The van der Waals surface area contributed by atoms with Gasteiger partial charge in [0.25, 0.3) is 0 Å². The van der Waals surface area contributed by atoms with Crippen molar-refractivity contribution in [2.75, 3.05) is 0 Å². The van der Waals surface area contributed by atoms with Crippen molar-refractivity contribution < 1.29 is 4.39 Å². The molecule has 3 rings (SSSR count). The minimum atomic E-state index is -0.0136. The Morgan fingerprint density at radius 3 is 1.84 bits per heavy atom. The molecule has 0 aromatic heterocycles. The van der Waals surface area contributed by atoms with Crippen LogP contribution in [0.1, 0.15) is 100 Å². The van der Waals surface area contributed by atoms with E-state index in [-0.39, 0.29) is 5.82 Å². The first-order valence-electron chi connectivity index (χ1n) is 13.0. The third-order valence-electron chi connectivity index (χ3n) is 7.42. The van der Waals surface area contributed by atoms with Gasteiger partial charge in [-0.05, 0) is 78.7 Å². The number of rotatable bonds is 12. The molecule has 2 aromatic carbocycles. The quantitative estimate of drug-likeness (QED) is 0.320. The Morgan fingerprint density at radius 1 is 0.645 bits per heavy atom. The highest BCUT2D eigenvalue weighted by Gasteiger charge is 2.20. The van der Waals surface area contributed by atoms with E-state index in [0.717, 1.165) is 43.1 Å². The summed E-state index contributed by atoms with van der Waals surface area (Å²) < 4.78 is 14.7. The SMILES string of the molecule is CCCCc1ccc(CCc2ccc(CCC3CCC(CCCC)CC3)cc2F)cc1. The number of benzene rings is 2. The minimum absolute atomic E-state index is 0.0136. The summed E-state index contributed by atoms with van der Waals surface area (Å²) in [5, 5.41) is 0. The van der Waals surface area contributed by atoms with Crippen molar-refractivity contribution in [1.82, 2.24) is 0 Å². The van der Waals surface area contributed by atoms with Crippen molar-refractivity contribution in [3.05, 3.63) is 70.5 Å². The Hall–Kier alpha value is -1.63. The Morgan fingerprint density at radius 2 is 1.23 bits per heavy atom. The molecule has 0 bridgehead atoms. The summed E-state index contributed by atoms with van der Waals surface area (Å²) in [5.41, 5.74) is 4.75. The fourth-order valence-corrected chi connectivity index (χ4v) is 5.15. The topological polar surface area (TPSA) is 0 Å². The zero-order valence-electron chi connectivity index (χ0n) is 20.0. The van der Waals surface area contributed by atoms with E-state index in [1.807, 2.05) is 6.07 Å². The molecular formula is C30H43F. The first-order chi connectivity index (χ1) is 15.2. The highest BCUT2D eigenvalue weighted by molar-refractivity contribution is 5.27. The van der Waals surface area contributed by atoms with E-state index < -0.39 is 0 Å². The van der Waals surface area contributed by atoms with E-state index in [2.05, 4.69) is 44.2 Å². The lowest BCUT2D eigenvalue weighted by Crippen LogP contribution is -2.15. The van der Waals surface area contributed by atoms with Crippen LogP contribution in [0.4, 0.5) is 4.39 Å². The minimum Gasteiger partial charge on any atom is -0.207 e. The van der Waals surface area contributed by atoms with E-state index in [4.69, 9.17) is 0 Å². The van der Waals surface area contributed by atoms with E-state index in [0.29, 0.717) is 0 Å². The third kappa shape index (κ3) is 8.09. The summed E-state index contributed by atoms with van der Waals surface area (Å²) in [4.78, 5) is 0. The molecule has 0 atom stereocenters. The normalized spacial score (nSPS) is 18.9. The second-order valence-electron chi connectivity index (χ2n) is 9.91. The summed E-state index contributed by atoms with van der Waals surface area (Å²) in [6.07, 6.45) is 17.3. The van der Waals surface area contributed by atoms with E-state index in [1.165, 1.54) is 80.9 Å². The second-order valence-corrected chi connectivity index (χ2v) is 9.91. The lowest BCUT2D eigenvalue weighted by molar-refractivity contribution is 0.250. The first kappa shape index (κ1) is 24.0. The molecule has 1 heteroatoms. The Labute approximate surface area is 190 Å². The molecule has 0 amide bonds. The number of halogens is 1. The molecule has 1 fully saturated rings. The number of hydrogen-bond donors (Lipinski definition) is 0. The Kier molecular flexibility index (Phi) is 10.1. The summed E-state index contributed by atoms with van der Waals surface area (Å²) in [5.74, 6) is 1.81. The van der Waals surface area contributed by atoms with Gasteiger partial charge in [-0.2, -0.15) is 0 Å². The summed E-state index contributed by atoms with van der Waals surface area (Å²) in [6.45, 7) is 4.52. The predicted octanol–water partition coefficient (Wildman–Crippen LogP) is 8.88. The van der Waals surface area contributed by atoms with Crippen molar-refractivity contribution in [1.29, 1.82) is 0 Å². The van der Waals surface area contributed by atoms with Crippen molar-refractivity contribution in [2.24, 2.45) is 11.8 Å². The van der Waals surface area contributed by atoms with Gasteiger partial charge in [-0.25, -0.2) is 4.39 Å². The fraction of sp³-hybridized carbons (Fsp3) is 0.600. The zero-order valence-corrected chi connectivity index (χ0v) is 20.0. The number of aryl methyl sites for hydroxylation is 4. The van der Waals surface area contributed by atoms with Crippen LogP contribution in [0.5, 0.6) is 0 Å². The van der Waals surface area contributed by atoms with Crippen LogP contribution in [0, 0.1) is 17.7 Å². The van der Waals surface area contributed by atoms with Crippen LogP contribution in [-0.2, 0) is 25.7 Å². The molecule has 2 aromatic rings. The number of hydrogen-bond acceptors (Lipinski definition) is 0. The molecule has 31 heavy (non-hydrogen) atoms. The zero-order chi connectivity index (χ0) is 21.9. The summed E-state index contributed by atoms with van der Waals surface area (Å²) >= 11 is 0. The van der Waals surface area contributed by atoms with Gasteiger partial charge in [0.1, 0.15) is 5.82 Å². The van der Waals surface area contributed by atoms with Crippen molar-refractivity contribution in [3.63, 3.8) is 0 Å². The molecule has 0 N–H and O–H groups in total. The average molecular weight is 423 g/mol. The second kappa shape index (κ2) is 13.0. The van der Waals surface area contributed by atoms with Gasteiger partial charge in [0, 0.05) is 0 Å². The van der Waals surface area contributed by atoms with Crippen molar-refractivity contribution in [2.45, 2.75) is 104 Å². The van der Waals surface area contributed by atoms with Gasteiger partial charge in [-0.15, -0.1) is 0 Å². The van der Waals surface area contributed by atoms with Crippen molar-refractivity contribution in [3.8, 4) is 0 Å². The van der Waals surface area contributed by atoms with Gasteiger partial charge >= 0.3 is 0 Å². The Bertz CT molecular complexity index is 752. The third-order valence-corrected chi connectivity index (χ3v) is 7.42. The molecular weight excluding hydrogens is 379 g/mol. The molecule has 0 spiro atoms. The van der Waals surface area contributed by atoms with E-state index in [1.54, 1.807) is 6.07 Å². The maximum Gasteiger partial charge on any atom is 0.126 e. The smallest absolute Gasteiger partial charge is 0.126 e. The molecule has 0 aliphatic heterocycles. The standard InChI is InChI=1S/C30H43F/c1-3-5-7-24-9-13-26(14-10-24)17-18-28-20-22-29(30(31)23-28)21-19-27-15-11-25(12-16-27)8-6-4-2/h11-12,15-16,20,22-24,26H,3-10,13-14,17-19,21H2,1-2H3. The fourth-order valence-electron chi connectivity index (χ4n) is 5.15. The first-order valence-corrected chi connectivity index (χ1v) is 13.0. The predicted molar refractivity (Wildman–Crippen MR) is 132 cm³/mol. The maximum atomic E-state index is 14.7. The van der Waals surface area contributed by atoms with Crippen LogP contribution in [-0.4, -0.2) is 0 Å². The van der Waals surface area contributed by atoms with Crippen LogP contribution < -0.4 is 0 Å². The van der Waals surface area contributed by atoms with Crippen LogP contribution in [0.2, 0.25) is 0 Å². The average Bonchev–Trinajstić information content (AvgIpc) is 2.81. The molecule has 0 unspecified atom stereocenters. The van der Waals surface area contributed by atoms with Crippen molar-refractivity contribution >= 4 is 0 Å². The molecule has 0 radical (unpaired) electrons. The Balaban J connectivity index is 1.41. The van der Waals surface area contributed by atoms with Gasteiger partial charge in [0.15, 0.2) is 0 Å². The highest BCUT2D eigenvalue weighted by Crippen LogP contribution is 2.34. The molecule has 1 aliphatic rings. The molecule has 1 aliphatic carbocycles. The molecule has 0 heterocycles. The van der Waals surface area contributed by atoms with Gasteiger partial charge < -0.3 is 0 Å². The van der Waals surface area contributed by atoms with Gasteiger partial charge in [0.2, 0.25) is 0 Å².